The van der Waals surface area contributed by atoms with Gasteiger partial charge in [-0.1, -0.05) is 36.4 Å². The molecule has 0 fully saturated rings. The molecule has 4 rings (SSSR count). The Hall–Kier alpha value is -4.07. The zero-order valence-electron chi connectivity index (χ0n) is 16.8. The van der Waals surface area contributed by atoms with Gasteiger partial charge in [0, 0.05) is 23.0 Å². The lowest BCUT2D eigenvalue weighted by Gasteiger charge is -2.11. The van der Waals surface area contributed by atoms with E-state index in [-0.39, 0.29) is 17.1 Å². The van der Waals surface area contributed by atoms with Crippen LogP contribution < -0.4 is 0 Å². The topological polar surface area (TPSA) is 76.0 Å². The first-order chi connectivity index (χ1) is 15.2. The number of rotatable bonds is 4. The third-order valence-electron chi connectivity index (χ3n) is 4.83. The average molecular weight is 435 g/mol. The molecule has 0 unspecified atom stereocenters. The summed E-state index contributed by atoms with van der Waals surface area (Å²) in [7, 11) is 0. The zero-order chi connectivity index (χ0) is 22.9. The molecule has 0 aliphatic heterocycles. The lowest BCUT2D eigenvalue weighted by molar-refractivity contribution is -0.141. The summed E-state index contributed by atoms with van der Waals surface area (Å²) in [4.78, 5) is 23.2. The molecule has 2 aromatic heterocycles. The fourth-order valence-electron chi connectivity index (χ4n) is 3.11. The highest BCUT2D eigenvalue weighted by molar-refractivity contribution is 5.88. The second kappa shape index (κ2) is 8.22. The molecule has 0 saturated heterocycles. The van der Waals surface area contributed by atoms with Crippen LogP contribution in [0.1, 0.15) is 21.7 Å². The number of aryl methyl sites for hydroxylation is 1. The van der Waals surface area contributed by atoms with Gasteiger partial charge in [-0.3, -0.25) is 4.98 Å². The monoisotopic (exact) mass is 435 g/mol. The van der Waals surface area contributed by atoms with E-state index < -0.39 is 17.8 Å². The van der Waals surface area contributed by atoms with Gasteiger partial charge in [-0.05, 0) is 48.4 Å². The average Bonchev–Trinajstić information content (AvgIpc) is 2.79. The van der Waals surface area contributed by atoms with E-state index in [1.54, 1.807) is 55.5 Å². The first-order valence-electron chi connectivity index (χ1n) is 9.54. The van der Waals surface area contributed by atoms with Gasteiger partial charge in [-0.2, -0.15) is 13.2 Å². The molecule has 0 spiro atoms. The Morgan fingerprint density at radius 3 is 1.91 bits per heavy atom. The summed E-state index contributed by atoms with van der Waals surface area (Å²) >= 11 is 0. The Balaban J connectivity index is 1.73. The van der Waals surface area contributed by atoms with Crippen LogP contribution in [0.25, 0.3) is 33.8 Å². The van der Waals surface area contributed by atoms with Crippen LogP contribution in [-0.2, 0) is 6.18 Å². The maximum Gasteiger partial charge on any atom is 0.433 e. The number of aromatic carboxylic acids is 1. The van der Waals surface area contributed by atoms with Crippen molar-refractivity contribution >= 4 is 5.97 Å². The highest BCUT2D eigenvalue weighted by Crippen LogP contribution is 2.32. The van der Waals surface area contributed by atoms with Crippen molar-refractivity contribution < 1.29 is 23.1 Å². The first-order valence-corrected chi connectivity index (χ1v) is 9.54. The minimum absolute atomic E-state index is 0.0526. The van der Waals surface area contributed by atoms with Gasteiger partial charge in [-0.15, -0.1) is 0 Å². The van der Waals surface area contributed by atoms with E-state index in [0.717, 1.165) is 22.9 Å². The van der Waals surface area contributed by atoms with Crippen molar-refractivity contribution in [2.75, 3.05) is 0 Å². The third-order valence-corrected chi connectivity index (χ3v) is 4.83. The fourth-order valence-corrected chi connectivity index (χ4v) is 3.11. The molecule has 0 atom stereocenters. The summed E-state index contributed by atoms with van der Waals surface area (Å²) in [6.45, 7) is 1.78. The molecule has 0 amide bonds. The Morgan fingerprint density at radius 1 is 0.812 bits per heavy atom. The zero-order valence-corrected chi connectivity index (χ0v) is 16.8. The molecule has 32 heavy (non-hydrogen) atoms. The van der Waals surface area contributed by atoms with Crippen molar-refractivity contribution in [3.8, 4) is 33.8 Å². The summed E-state index contributed by atoms with van der Waals surface area (Å²) in [5.41, 5.74) is 2.43. The highest BCUT2D eigenvalue weighted by Gasteiger charge is 2.34. The van der Waals surface area contributed by atoms with Crippen LogP contribution in [0.2, 0.25) is 0 Å². The predicted molar refractivity (Wildman–Crippen MR) is 113 cm³/mol. The van der Waals surface area contributed by atoms with Gasteiger partial charge in [-0.25, -0.2) is 14.8 Å². The molecule has 2 heterocycles. The number of halogens is 3. The smallest absolute Gasteiger partial charge is 0.433 e. The van der Waals surface area contributed by atoms with Gasteiger partial charge in [0.2, 0.25) is 0 Å². The predicted octanol–water partition coefficient (Wildman–Crippen LogP) is 5.90. The molecule has 2 aromatic carbocycles. The molecule has 160 valence electrons. The normalized spacial score (nSPS) is 11.4. The molecule has 0 aliphatic carbocycles. The van der Waals surface area contributed by atoms with Gasteiger partial charge in [0.25, 0.3) is 0 Å². The number of nitrogens with zero attached hydrogens (tertiary/aromatic N) is 3. The molecule has 8 heteroatoms. The van der Waals surface area contributed by atoms with Crippen molar-refractivity contribution in [1.29, 1.82) is 0 Å². The highest BCUT2D eigenvalue weighted by atomic mass is 19.4. The van der Waals surface area contributed by atoms with E-state index in [9.17, 15) is 18.0 Å². The van der Waals surface area contributed by atoms with Crippen molar-refractivity contribution in [2.45, 2.75) is 13.1 Å². The number of benzene rings is 2. The molecule has 0 aliphatic rings. The minimum Gasteiger partial charge on any atom is -0.478 e. The number of hydrogen-bond donors (Lipinski definition) is 1. The quantitative estimate of drug-likeness (QED) is 0.432. The van der Waals surface area contributed by atoms with Crippen molar-refractivity contribution in [1.82, 2.24) is 15.0 Å². The number of carboxylic acids is 1. The van der Waals surface area contributed by atoms with Crippen molar-refractivity contribution in [3.05, 3.63) is 89.9 Å². The van der Waals surface area contributed by atoms with Gasteiger partial charge in [0.1, 0.15) is 5.69 Å². The Morgan fingerprint density at radius 2 is 1.38 bits per heavy atom. The minimum atomic E-state index is -4.63. The fraction of sp³-hybridized carbons (Fsp3) is 0.0833. The van der Waals surface area contributed by atoms with Gasteiger partial charge in [0.05, 0.1) is 11.3 Å². The van der Waals surface area contributed by atoms with E-state index in [1.165, 1.54) is 18.3 Å². The van der Waals surface area contributed by atoms with Crippen LogP contribution in [0, 0.1) is 6.92 Å². The van der Waals surface area contributed by atoms with Crippen molar-refractivity contribution in [2.24, 2.45) is 0 Å². The van der Waals surface area contributed by atoms with Gasteiger partial charge < -0.3 is 5.11 Å². The van der Waals surface area contributed by atoms with Crippen LogP contribution in [0.3, 0.4) is 0 Å². The number of alkyl halides is 3. The van der Waals surface area contributed by atoms with E-state index >= 15 is 0 Å². The van der Waals surface area contributed by atoms with Crippen molar-refractivity contribution in [3.63, 3.8) is 0 Å². The molecular weight excluding hydrogens is 419 g/mol. The molecule has 4 aromatic rings. The number of pyridine rings is 1. The van der Waals surface area contributed by atoms with E-state index in [2.05, 4.69) is 15.0 Å². The first kappa shape index (κ1) is 21.2. The second-order valence-electron chi connectivity index (χ2n) is 7.11. The Bertz CT molecular complexity index is 1270. The molecule has 0 saturated carbocycles. The summed E-state index contributed by atoms with van der Waals surface area (Å²) in [5, 5.41) is 9.01. The maximum absolute atomic E-state index is 13.5. The van der Waals surface area contributed by atoms with Gasteiger partial charge in [0.15, 0.2) is 5.82 Å². The molecule has 0 radical (unpaired) electrons. The van der Waals surface area contributed by atoms with Crippen LogP contribution in [-0.4, -0.2) is 26.0 Å². The largest absolute Gasteiger partial charge is 0.478 e. The van der Waals surface area contributed by atoms with Crippen LogP contribution >= 0.6 is 0 Å². The molecule has 5 nitrogen and oxygen atoms in total. The summed E-state index contributed by atoms with van der Waals surface area (Å²) < 4.78 is 40.4. The standard InChI is InChI=1S/C24H16F3N3O2/c1-14-2-3-19(13-28-14)20-12-21(24(25,26)27)30-22(29-20)17-8-4-15(5-9-17)16-6-10-18(11-7-16)23(31)32/h2-13H,1H3,(H,31,32). The molecular formula is C24H16F3N3O2. The number of carbonyl (C=O) groups is 1. The summed E-state index contributed by atoms with van der Waals surface area (Å²) in [5.74, 6) is -1.07. The SMILES string of the molecule is Cc1ccc(-c2cc(C(F)(F)F)nc(-c3ccc(-c4ccc(C(=O)O)cc4)cc3)n2)cn1. The van der Waals surface area contributed by atoms with E-state index in [1.807, 2.05) is 0 Å². The van der Waals surface area contributed by atoms with E-state index in [0.29, 0.717) is 11.1 Å². The summed E-state index contributed by atoms with van der Waals surface area (Å²) in [6.07, 6.45) is -3.15. The van der Waals surface area contributed by atoms with Crippen LogP contribution in [0.5, 0.6) is 0 Å². The second-order valence-corrected chi connectivity index (χ2v) is 7.11. The molecule has 1 N–H and O–H groups in total. The van der Waals surface area contributed by atoms with E-state index in [4.69, 9.17) is 5.11 Å². The number of aromatic nitrogens is 3. The van der Waals surface area contributed by atoms with Gasteiger partial charge >= 0.3 is 12.1 Å². The summed E-state index contributed by atoms with van der Waals surface area (Å²) in [6, 6.07) is 17.3. The van der Waals surface area contributed by atoms with Crippen LogP contribution in [0.15, 0.2) is 72.9 Å². The maximum atomic E-state index is 13.5. The lowest BCUT2D eigenvalue weighted by atomic mass is 10.0. The van der Waals surface area contributed by atoms with Crippen LogP contribution in [0.4, 0.5) is 13.2 Å². The molecule has 0 bridgehead atoms. The Kier molecular flexibility index (Phi) is 5.44. The third kappa shape index (κ3) is 4.49. The number of hydrogen-bond acceptors (Lipinski definition) is 4. The number of carboxylic acid groups (broad SMARTS) is 1. The lowest BCUT2D eigenvalue weighted by Crippen LogP contribution is -2.10. The Labute approximate surface area is 181 Å².